The van der Waals surface area contributed by atoms with Gasteiger partial charge >= 0.3 is 11.9 Å². The van der Waals surface area contributed by atoms with Gasteiger partial charge in [-0.2, -0.15) is 0 Å². The third kappa shape index (κ3) is 9.33. The van der Waals surface area contributed by atoms with E-state index in [2.05, 4.69) is 0 Å². The number of aliphatic hydroxyl groups excluding tert-OH is 5. The van der Waals surface area contributed by atoms with Crippen molar-refractivity contribution < 1.29 is 45.3 Å². The van der Waals surface area contributed by atoms with Crippen molar-refractivity contribution in [2.75, 3.05) is 6.61 Å². The van der Waals surface area contributed by atoms with Crippen molar-refractivity contribution in [1.82, 2.24) is 0 Å². The fourth-order valence-electron chi connectivity index (χ4n) is 0.882. The van der Waals surface area contributed by atoms with E-state index in [1.54, 1.807) is 0 Å². The van der Waals surface area contributed by atoms with Gasteiger partial charge in [-0.05, 0) is 6.42 Å². The molecule has 0 aromatic heterocycles. The maximum absolute atomic E-state index is 10.1. The molecule has 9 nitrogen and oxygen atoms in total. The van der Waals surface area contributed by atoms with Crippen molar-refractivity contribution in [3.63, 3.8) is 0 Å². The molecule has 0 bridgehead atoms. The molecule has 7 N–H and O–H groups in total. The van der Waals surface area contributed by atoms with Crippen LogP contribution in [0.15, 0.2) is 0 Å². The Balaban J connectivity index is 0. The van der Waals surface area contributed by atoms with E-state index >= 15 is 0 Å². The predicted molar refractivity (Wildman–Crippen MR) is 61.3 cm³/mol. The Kier molecular flexibility index (Phi) is 11.2. The SMILES string of the molecule is CCCC(=O)O.O=C(O)[C@H](O)[C@@H](O)[C@H](O)[C@H](O)CO. The molecule has 0 aliphatic heterocycles. The topological polar surface area (TPSA) is 176 Å². The Morgan fingerprint density at radius 3 is 1.68 bits per heavy atom. The first kappa shape index (κ1) is 20.1. The van der Waals surface area contributed by atoms with Crippen LogP contribution in [0.2, 0.25) is 0 Å². The lowest BCUT2D eigenvalue weighted by Gasteiger charge is -2.23. The Hall–Kier alpha value is -1.26. The lowest BCUT2D eigenvalue weighted by molar-refractivity contribution is -0.164. The van der Waals surface area contributed by atoms with Crippen molar-refractivity contribution >= 4 is 11.9 Å². The van der Waals surface area contributed by atoms with Gasteiger partial charge in [-0.25, -0.2) is 4.79 Å². The van der Waals surface area contributed by atoms with Gasteiger partial charge in [-0.15, -0.1) is 0 Å². The monoisotopic (exact) mass is 284 g/mol. The molecule has 0 aliphatic rings. The molecule has 0 fully saturated rings. The largest absolute Gasteiger partial charge is 0.481 e. The van der Waals surface area contributed by atoms with Crippen LogP contribution in [0, 0.1) is 0 Å². The number of rotatable bonds is 7. The Morgan fingerprint density at radius 1 is 1.00 bits per heavy atom. The second kappa shape index (κ2) is 10.6. The molecule has 0 unspecified atom stereocenters. The molecular weight excluding hydrogens is 264 g/mol. The fraction of sp³-hybridized carbons (Fsp3) is 0.800. The van der Waals surface area contributed by atoms with Crippen LogP contribution in [0.4, 0.5) is 0 Å². The number of carbonyl (C=O) groups is 2. The molecule has 9 heteroatoms. The summed E-state index contributed by atoms with van der Waals surface area (Å²) in [4.78, 5) is 19.7. The molecule has 0 saturated heterocycles. The fourth-order valence-corrected chi connectivity index (χ4v) is 0.882. The maximum Gasteiger partial charge on any atom is 0.335 e. The third-order valence-corrected chi connectivity index (χ3v) is 1.97. The smallest absolute Gasteiger partial charge is 0.335 e. The lowest BCUT2D eigenvalue weighted by Crippen LogP contribution is -2.48. The van der Waals surface area contributed by atoms with E-state index in [0.717, 1.165) is 6.42 Å². The zero-order valence-electron chi connectivity index (χ0n) is 10.4. The summed E-state index contributed by atoms with van der Waals surface area (Å²) < 4.78 is 0. The minimum atomic E-state index is -2.20. The highest BCUT2D eigenvalue weighted by Crippen LogP contribution is 2.04. The number of hydrogen-bond donors (Lipinski definition) is 7. The van der Waals surface area contributed by atoms with Gasteiger partial charge in [0, 0.05) is 6.42 Å². The molecule has 114 valence electrons. The molecule has 0 aromatic carbocycles. The molecule has 0 radical (unpaired) electrons. The first-order valence-electron chi connectivity index (χ1n) is 5.46. The van der Waals surface area contributed by atoms with Gasteiger partial charge in [-0.3, -0.25) is 4.79 Å². The van der Waals surface area contributed by atoms with Gasteiger partial charge in [-0.1, -0.05) is 6.92 Å². The van der Waals surface area contributed by atoms with Gasteiger partial charge < -0.3 is 35.7 Å². The molecule has 0 aromatic rings. The summed E-state index contributed by atoms with van der Waals surface area (Å²) >= 11 is 0. The molecule has 0 saturated carbocycles. The molecule has 0 rings (SSSR count). The van der Waals surface area contributed by atoms with Crippen LogP contribution in [-0.2, 0) is 9.59 Å². The minimum Gasteiger partial charge on any atom is -0.481 e. The van der Waals surface area contributed by atoms with E-state index in [4.69, 9.17) is 35.7 Å². The van der Waals surface area contributed by atoms with Crippen molar-refractivity contribution in [3.05, 3.63) is 0 Å². The summed E-state index contributed by atoms with van der Waals surface area (Å²) in [7, 11) is 0. The van der Waals surface area contributed by atoms with Crippen LogP contribution in [0.1, 0.15) is 19.8 Å². The van der Waals surface area contributed by atoms with Gasteiger partial charge in [0.2, 0.25) is 0 Å². The molecule has 0 spiro atoms. The van der Waals surface area contributed by atoms with Crippen LogP contribution < -0.4 is 0 Å². The molecule has 19 heavy (non-hydrogen) atoms. The van der Waals surface area contributed by atoms with Crippen LogP contribution in [-0.4, -0.2) is 78.7 Å². The molecular formula is C10H20O9. The van der Waals surface area contributed by atoms with E-state index in [9.17, 15) is 9.59 Å². The van der Waals surface area contributed by atoms with Gasteiger partial charge in [0.15, 0.2) is 6.10 Å². The first-order chi connectivity index (χ1) is 8.68. The van der Waals surface area contributed by atoms with Crippen LogP contribution in [0.3, 0.4) is 0 Å². The average molecular weight is 284 g/mol. The molecule has 0 aliphatic carbocycles. The number of carboxylic acids is 2. The van der Waals surface area contributed by atoms with E-state index < -0.39 is 43.0 Å². The number of aliphatic carboxylic acids is 2. The van der Waals surface area contributed by atoms with Crippen LogP contribution >= 0.6 is 0 Å². The van der Waals surface area contributed by atoms with Gasteiger partial charge in [0.1, 0.15) is 18.3 Å². The Morgan fingerprint density at radius 2 is 1.47 bits per heavy atom. The highest BCUT2D eigenvalue weighted by Gasteiger charge is 2.33. The first-order valence-corrected chi connectivity index (χ1v) is 5.46. The standard InChI is InChI=1S/C6H12O7.C4H8O2/c7-1-2(8)3(9)4(10)5(11)6(12)13;1-2-3-4(5)6/h2-5,7-11H,1H2,(H,12,13);2-3H2,1H3,(H,5,6)/t2-,3-,4+,5-;/m1./s1. The summed E-state index contributed by atoms with van der Waals surface area (Å²) in [6, 6.07) is 0. The van der Waals surface area contributed by atoms with Crippen LogP contribution in [0.25, 0.3) is 0 Å². The second-order valence-electron chi connectivity index (χ2n) is 3.66. The van der Waals surface area contributed by atoms with E-state index in [1.807, 2.05) is 6.92 Å². The number of aliphatic hydroxyl groups is 5. The predicted octanol–water partition coefficient (Wildman–Crippen LogP) is -2.62. The summed E-state index contributed by atoms with van der Waals surface area (Å²) in [6.45, 7) is 0.999. The second-order valence-corrected chi connectivity index (χ2v) is 3.66. The maximum atomic E-state index is 10.1. The van der Waals surface area contributed by atoms with Gasteiger partial charge in [0.05, 0.1) is 6.61 Å². The molecule has 0 amide bonds. The van der Waals surface area contributed by atoms with Crippen LogP contribution in [0.5, 0.6) is 0 Å². The van der Waals surface area contributed by atoms with E-state index in [1.165, 1.54) is 0 Å². The quantitative estimate of drug-likeness (QED) is 0.264. The summed E-state index contributed by atoms with van der Waals surface area (Å²) in [5.41, 5.74) is 0. The zero-order valence-corrected chi connectivity index (χ0v) is 10.4. The molecule has 0 heterocycles. The third-order valence-electron chi connectivity index (χ3n) is 1.97. The highest BCUT2D eigenvalue weighted by atomic mass is 16.4. The average Bonchev–Trinajstić information content (AvgIpc) is 2.35. The number of carboxylic acid groups (broad SMARTS) is 2. The summed E-state index contributed by atoms with van der Waals surface area (Å²) in [5.74, 6) is -2.44. The van der Waals surface area contributed by atoms with Crippen molar-refractivity contribution in [1.29, 1.82) is 0 Å². The van der Waals surface area contributed by atoms with Crippen molar-refractivity contribution in [2.45, 2.75) is 44.2 Å². The van der Waals surface area contributed by atoms with Crippen molar-refractivity contribution in [2.24, 2.45) is 0 Å². The van der Waals surface area contributed by atoms with Crippen molar-refractivity contribution in [3.8, 4) is 0 Å². The Bertz CT molecular complexity index is 268. The van der Waals surface area contributed by atoms with E-state index in [-0.39, 0.29) is 0 Å². The zero-order chi connectivity index (χ0) is 15.6. The van der Waals surface area contributed by atoms with Gasteiger partial charge in [0.25, 0.3) is 0 Å². The minimum absolute atomic E-state index is 0.292. The Labute approximate surface area is 109 Å². The summed E-state index contributed by atoms with van der Waals surface area (Å²) in [6.07, 6.45) is -6.81. The lowest BCUT2D eigenvalue weighted by atomic mass is 10.0. The molecule has 4 atom stereocenters. The van der Waals surface area contributed by atoms with E-state index in [0.29, 0.717) is 6.42 Å². The normalized spacial score (nSPS) is 16.5. The summed E-state index contributed by atoms with van der Waals surface area (Å²) in [5, 5.41) is 59.7. The number of hydrogen-bond acceptors (Lipinski definition) is 7. The highest BCUT2D eigenvalue weighted by molar-refractivity contribution is 5.72.